The Morgan fingerprint density at radius 3 is 2.64 bits per heavy atom. The van der Waals surface area contributed by atoms with Gasteiger partial charge in [0.25, 0.3) is 0 Å². The summed E-state index contributed by atoms with van der Waals surface area (Å²) >= 11 is 0. The molecular formula is C17H20N2O6. The lowest BCUT2D eigenvalue weighted by Gasteiger charge is -2.24. The Morgan fingerprint density at radius 1 is 1.28 bits per heavy atom. The molecule has 0 bridgehead atoms. The molecule has 0 aromatic heterocycles. The van der Waals surface area contributed by atoms with Crippen LogP contribution >= 0.6 is 0 Å². The van der Waals surface area contributed by atoms with Crippen molar-refractivity contribution < 1.29 is 28.6 Å². The molecule has 1 aromatic carbocycles. The highest BCUT2D eigenvalue weighted by Crippen LogP contribution is 2.23. The normalized spacial score (nSPS) is 19.6. The predicted molar refractivity (Wildman–Crippen MR) is 87.4 cm³/mol. The molecular weight excluding hydrogens is 328 g/mol. The number of likely N-dealkylation sites (tertiary alicyclic amines) is 1. The van der Waals surface area contributed by atoms with E-state index >= 15 is 0 Å². The maximum absolute atomic E-state index is 12.4. The first-order chi connectivity index (χ1) is 12.0. The summed E-state index contributed by atoms with van der Waals surface area (Å²) in [6.07, 6.45) is 0.836. The molecule has 0 unspecified atom stereocenters. The Balaban J connectivity index is 2.04. The minimum absolute atomic E-state index is 0.116. The molecule has 1 fully saturated rings. The molecule has 2 N–H and O–H groups in total. The highest BCUT2D eigenvalue weighted by Gasteiger charge is 2.38. The number of benzene rings is 1. The van der Waals surface area contributed by atoms with E-state index in [2.05, 4.69) is 4.74 Å². The van der Waals surface area contributed by atoms with Gasteiger partial charge in [-0.15, -0.1) is 0 Å². The van der Waals surface area contributed by atoms with Crippen molar-refractivity contribution in [2.45, 2.75) is 25.2 Å². The summed E-state index contributed by atoms with van der Waals surface area (Å²) in [4.78, 5) is 36.1. The van der Waals surface area contributed by atoms with Crippen LogP contribution in [0, 0.1) is 0 Å². The lowest BCUT2D eigenvalue weighted by Crippen LogP contribution is -2.40. The van der Waals surface area contributed by atoms with E-state index in [0.29, 0.717) is 13.0 Å². The van der Waals surface area contributed by atoms with Crippen LogP contribution in [0.15, 0.2) is 42.5 Å². The van der Waals surface area contributed by atoms with Crippen molar-refractivity contribution in [2.24, 2.45) is 5.73 Å². The first-order valence-electron chi connectivity index (χ1n) is 7.71. The molecule has 0 aliphatic carbocycles. The fourth-order valence-electron chi connectivity index (χ4n) is 2.55. The number of ether oxygens (including phenoxy) is 3. The number of carbonyl (C=O) groups is 3. The van der Waals surface area contributed by atoms with Crippen LogP contribution < -0.4 is 5.73 Å². The molecule has 8 heteroatoms. The van der Waals surface area contributed by atoms with Crippen LogP contribution in [-0.2, 0) is 25.6 Å². The van der Waals surface area contributed by atoms with Crippen molar-refractivity contribution in [2.75, 3.05) is 13.7 Å². The highest BCUT2D eigenvalue weighted by atomic mass is 16.6. The van der Waals surface area contributed by atoms with E-state index in [1.807, 2.05) is 30.3 Å². The third-order valence-corrected chi connectivity index (χ3v) is 3.73. The molecule has 2 amide bonds. The topological polar surface area (TPSA) is 108 Å². The van der Waals surface area contributed by atoms with E-state index in [-0.39, 0.29) is 6.61 Å². The first kappa shape index (κ1) is 18.3. The quantitative estimate of drug-likeness (QED) is 0.492. The number of hydrogen-bond donors (Lipinski definition) is 1. The summed E-state index contributed by atoms with van der Waals surface area (Å²) < 4.78 is 14.8. The zero-order valence-corrected chi connectivity index (χ0v) is 13.8. The summed E-state index contributed by atoms with van der Waals surface area (Å²) in [6.45, 7) is 0.423. The van der Waals surface area contributed by atoms with Gasteiger partial charge < -0.3 is 19.9 Å². The van der Waals surface area contributed by atoms with Gasteiger partial charge in [0.1, 0.15) is 12.7 Å². The largest absolute Gasteiger partial charge is 0.466 e. The fourth-order valence-corrected chi connectivity index (χ4v) is 2.55. The molecule has 1 aliphatic rings. The summed E-state index contributed by atoms with van der Waals surface area (Å²) in [5.41, 5.74) is 5.91. The van der Waals surface area contributed by atoms with E-state index in [4.69, 9.17) is 15.2 Å². The highest BCUT2D eigenvalue weighted by molar-refractivity contribution is 5.82. The Bertz CT molecular complexity index is 646. The van der Waals surface area contributed by atoms with Crippen molar-refractivity contribution in [3.63, 3.8) is 0 Å². The van der Waals surface area contributed by atoms with E-state index in [9.17, 15) is 14.4 Å². The molecule has 1 aliphatic heterocycles. The number of amides is 2. The second-order valence-electron chi connectivity index (χ2n) is 5.37. The Kier molecular flexibility index (Phi) is 6.39. The Labute approximate surface area is 145 Å². The van der Waals surface area contributed by atoms with Gasteiger partial charge in [0.2, 0.25) is 0 Å². The molecule has 0 radical (unpaired) electrons. The molecule has 0 spiro atoms. The molecule has 1 aromatic rings. The van der Waals surface area contributed by atoms with Crippen molar-refractivity contribution in [3.05, 3.63) is 48.0 Å². The van der Waals surface area contributed by atoms with Gasteiger partial charge in [0.05, 0.1) is 13.2 Å². The second-order valence-corrected chi connectivity index (χ2v) is 5.37. The zero-order chi connectivity index (χ0) is 18.2. The molecule has 2 rings (SSSR count). The van der Waals surface area contributed by atoms with Crippen LogP contribution in [0.25, 0.3) is 0 Å². The van der Waals surface area contributed by atoms with Crippen molar-refractivity contribution >= 4 is 18.2 Å². The maximum atomic E-state index is 12.4. The fraction of sp³-hybridized carbons (Fsp3) is 0.353. The summed E-state index contributed by atoms with van der Waals surface area (Å²) in [7, 11) is 1.24. The van der Waals surface area contributed by atoms with Crippen LogP contribution in [-0.4, -0.2) is 48.9 Å². The second kappa shape index (κ2) is 8.72. The standard InChI is InChI=1S/C17H20N2O6/c1-23-15(20)8-7-13-14(25-16(18)21)9-10-19(13)17(22)24-11-12-5-3-2-4-6-12/h2-8,13-14H,9-11H2,1H3,(H2,18,21)/b8-7+/t13-,14-/m0/s1. The SMILES string of the molecule is COC(=O)/C=C/[C@H]1[C@@H](OC(N)=O)CCN1C(=O)OCc1ccccc1. The number of nitrogens with zero attached hydrogens (tertiary/aromatic N) is 1. The molecule has 0 saturated carbocycles. The van der Waals surface area contributed by atoms with Gasteiger partial charge in [-0.1, -0.05) is 36.4 Å². The lowest BCUT2D eigenvalue weighted by atomic mass is 10.1. The van der Waals surface area contributed by atoms with E-state index in [1.165, 1.54) is 24.2 Å². The molecule has 2 atom stereocenters. The van der Waals surface area contributed by atoms with Crippen molar-refractivity contribution in [3.8, 4) is 0 Å². The van der Waals surface area contributed by atoms with E-state index in [1.54, 1.807) is 0 Å². The lowest BCUT2D eigenvalue weighted by molar-refractivity contribution is -0.134. The first-order valence-corrected chi connectivity index (χ1v) is 7.71. The zero-order valence-electron chi connectivity index (χ0n) is 13.8. The number of primary amides is 1. The Hall–Kier alpha value is -3.03. The minimum Gasteiger partial charge on any atom is -0.466 e. The van der Waals surface area contributed by atoms with Gasteiger partial charge >= 0.3 is 18.2 Å². The summed E-state index contributed by atoms with van der Waals surface area (Å²) in [5, 5.41) is 0. The third-order valence-electron chi connectivity index (χ3n) is 3.73. The maximum Gasteiger partial charge on any atom is 0.410 e. The molecule has 1 heterocycles. The molecule has 25 heavy (non-hydrogen) atoms. The third kappa shape index (κ3) is 5.23. The average molecular weight is 348 g/mol. The van der Waals surface area contributed by atoms with Crippen molar-refractivity contribution in [1.29, 1.82) is 0 Å². The van der Waals surface area contributed by atoms with Gasteiger partial charge in [-0.05, 0) is 5.56 Å². The number of methoxy groups -OCH3 is 1. The number of rotatable bonds is 5. The van der Waals surface area contributed by atoms with Gasteiger partial charge in [-0.25, -0.2) is 14.4 Å². The Morgan fingerprint density at radius 2 is 2.00 bits per heavy atom. The van der Waals surface area contributed by atoms with E-state index in [0.717, 1.165) is 5.56 Å². The van der Waals surface area contributed by atoms with Gasteiger partial charge in [-0.2, -0.15) is 0 Å². The summed E-state index contributed by atoms with van der Waals surface area (Å²) in [6, 6.07) is 8.57. The van der Waals surface area contributed by atoms with Crippen LogP contribution in [0.4, 0.5) is 9.59 Å². The van der Waals surface area contributed by atoms with Crippen LogP contribution in [0.2, 0.25) is 0 Å². The summed E-state index contributed by atoms with van der Waals surface area (Å²) in [5.74, 6) is -0.581. The minimum atomic E-state index is -0.944. The number of nitrogens with two attached hydrogens (primary N) is 1. The average Bonchev–Trinajstić information content (AvgIpc) is 3.00. The van der Waals surface area contributed by atoms with Gasteiger partial charge in [0, 0.05) is 19.0 Å². The van der Waals surface area contributed by atoms with Gasteiger partial charge in [0.15, 0.2) is 0 Å². The van der Waals surface area contributed by atoms with Crippen LogP contribution in [0.3, 0.4) is 0 Å². The molecule has 8 nitrogen and oxygen atoms in total. The predicted octanol–water partition coefficient (Wildman–Crippen LogP) is 1.59. The van der Waals surface area contributed by atoms with Crippen molar-refractivity contribution in [1.82, 2.24) is 4.90 Å². The number of hydrogen-bond acceptors (Lipinski definition) is 6. The van der Waals surface area contributed by atoms with Crippen LogP contribution in [0.1, 0.15) is 12.0 Å². The number of esters is 1. The van der Waals surface area contributed by atoms with Crippen LogP contribution in [0.5, 0.6) is 0 Å². The molecule has 134 valence electrons. The smallest absolute Gasteiger partial charge is 0.410 e. The van der Waals surface area contributed by atoms with E-state index < -0.39 is 30.3 Å². The van der Waals surface area contributed by atoms with Gasteiger partial charge in [-0.3, -0.25) is 4.90 Å². The number of carbonyl (C=O) groups excluding carboxylic acids is 3. The monoisotopic (exact) mass is 348 g/mol. The molecule has 1 saturated heterocycles.